The van der Waals surface area contributed by atoms with Crippen molar-refractivity contribution in [3.05, 3.63) is 216 Å². The van der Waals surface area contributed by atoms with Crippen molar-refractivity contribution in [2.24, 2.45) is 0 Å². The molecule has 11 aromatic carbocycles. The highest BCUT2D eigenvalue weighted by atomic mass is 16.3. The first-order valence-corrected chi connectivity index (χ1v) is 29.3. The van der Waals surface area contributed by atoms with Crippen LogP contribution in [0, 0.1) is 6.92 Å². The summed E-state index contributed by atoms with van der Waals surface area (Å²) in [5.74, 6) is 0.847. The number of rotatable bonds is 8. The third-order valence-electron chi connectivity index (χ3n) is 17.6. The molecule has 0 saturated heterocycles. The van der Waals surface area contributed by atoms with E-state index in [0.29, 0.717) is 11.8 Å². The van der Waals surface area contributed by atoms with Crippen LogP contribution in [-0.4, -0.2) is 0 Å². The Morgan fingerprint density at radius 1 is 0.313 bits per heavy atom. The van der Waals surface area contributed by atoms with Crippen molar-refractivity contribution < 1.29 is 17.7 Å². The number of para-hydroxylation sites is 2. The summed E-state index contributed by atoms with van der Waals surface area (Å²) in [7, 11) is 0. The topological polar surface area (TPSA) is 59.0 Å². The second kappa shape index (κ2) is 18.4. The molecule has 0 radical (unpaired) electrons. The number of aryl methyl sites for hydroxylation is 1. The number of anilines is 6. The summed E-state index contributed by atoms with van der Waals surface area (Å²) < 4.78 is 27.0. The first-order chi connectivity index (χ1) is 39.9. The van der Waals surface area contributed by atoms with Crippen molar-refractivity contribution in [2.75, 3.05) is 9.80 Å². The lowest BCUT2D eigenvalue weighted by Crippen LogP contribution is -2.11. The number of fused-ring (bicyclic) bond motifs is 14. The van der Waals surface area contributed by atoms with Crippen LogP contribution in [0.25, 0.3) is 109 Å². The maximum Gasteiger partial charge on any atom is 0.139 e. The third kappa shape index (κ3) is 8.20. The lowest BCUT2D eigenvalue weighted by molar-refractivity contribution is 0.572. The Balaban J connectivity index is 0.822. The molecule has 0 N–H and O–H groups in total. The highest BCUT2D eigenvalue weighted by Crippen LogP contribution is 2.47. The second-order valence-electron chi connectivity index (χ2n) is 25.8. The van der Waals surface area contributed by atoms with E-state index < -0.39 is 0 Å². The van der Waals surface area contributed by atoms with Gasteiger partial charge in [-0.2, -0.15) is 0 Å². The molecule has 408 valence electrons. The highest BCUT2D eigenvalue weighted by Gasteiger charge is 2.26. The minimum Gasteiger partial charge on any atom is -0.456 e. The standard InChI is InChI=1S/C77H66N2O4/c1-43(2)46-18-24-52(25-19-46)78(56-30-32-66-60(40-56)58-14-12-16-64(74(58)82-66)76(6,7)8)54-28-22-48-36-62-68(38-50(48)34-54)80-70-42-71-73(45(5)72(62)70)63-37-49-23-29-55(35-51(49)39-69(63)81-71)79(53-26-20-47(21-27-53)44(3)4)57-31-33-67-61(41-57)59-15-13-17-65(75(59)83-67)77(9,10)11/h12-44H,1-11H3. The fourth-order valence-electron chi connectivity index (χ4n) is 13.1. The molecule has 0 atom stereocenters. The lowest BCUT2D eigenvalue weighted by Gasteiger charge is -2.26. The molecule has 4 aromatic heterocycles. The maximum atomic E-state index is 6.86. The largest absolute Gasteiger partial charge is 0.456 e. The van der Waals surface area contributed by atoms with Gasteiger partial charge in [0.15, 0.2) is 0 Å². The van der Waals surface area contributed by atoms with Crippen LogP contribution < -0.4 is 9.80 Å². The van der Waals surface area contributed by atoms with E-state index in [1.807, 2.05) is 0 Å². The molecule has 0 spiro atoms. The molecule has 15 rings (SSSR count). The molecule has 0 aliphatic heterocycles. The van der Waals surface area contributed by atoms with Crippen LogP contribution in [-0.2, 0) is 10.8 Å². The van der Waals surface area contributed by atoms with Crippen molar-refractivity contribution in [1.29, 1.82) is 0 Å². The lowest BCUT2D eigenvalue weighted by atomic mass is 9.86. The van der Waals surface area contributed by atoms with E-state index >= 15 is 0 Å². The predicted molar refractivity (Wildman–Crippen MR) is 350 cm³/mol. The summed E-state index contributed by atoms with van der Waals surface area (Å²) in [4.78, 5) is 4.72. The summed E-state index contributed by atoms with van der Waals surface area (Å²) >= 11 is 0. The van der Waals surface area contributed by atoms with Crippen LogP contribution in [0.1, 0.15) is 109 Å². The van der Waals surface area contributed by atoms with Crippen molar-refractivity contribution in [2.45, 2.75) is 98.8 Å². The molecule has 0 bridgehead atoms. The first-order valence-electron chi connectivity index (χ1n) is 29.3. The zero-order chi connectivity index (χ0) is 57.0. The molecule has 83 heavy (non-hydrogen) atoms. The molecule has 0 fully saturated rings. The normalized spacial score (nSPS) is 12.7. The molecule has 0 unspecified atom stereocenters. The van der Waals surface area contributed by atoms with Crippen LogP contribution >= 0.6 is 0 Å². The third-order valence-corrected chi connectivity index (χ3v) is 17.6. The number of hydrogen-bond donors (Lipinski definition) is 0. The van der Waals surface area contributed by atoms with Crippen molar-refractivity contribution >= 4 is 143 Å². The Kier molecular flexibility index (Phi) is 11.2. The van der Waals surface area contributed by atoms with E-state index in [1.54, 1.807) is 0 Å². The zero-order valence-electron chi connectivity index (χ0n) is 49.1. The molecular weight excluding hydrogens is 1020 g/mol. The quantitative estimate of drug-likeness (QED) is 0.151. The van der Waals surface area contributed by atoms with Crippen LogP contribution in [0.3, 0.4) is 0 Å². The maximum absolute atomic E-state index is 6.86. The molecular formula is C77H66N2O4. The Morgan fingerprint density at radius 2 is 0.699 bits per heavy atom. The van der Waals surface area contributed by atoms with Gasteiger partial charge >= 0.3 is 0 Å². The molecule has 0 amide bonds. The van der Waals surface area contributed by atoms with Crippen LogP contribution in [0.5, 0.6) is 0 Å². The first kappa shape index (κ1) is 50.7. The van der Waals surface area contributed by atoms with Crippen LogP contribution in [0.4, 0.5) is 34.1 Å². The van der Waals surface area contributed by atoms with Gasteiger partial charge in [-0.15, -0.1) is 0 Å². The number of hydrogen-bond acceptors (Lipinski definition) is 6. The second-order valence-corrected chi connectivity index (χ2v) is 25.8. The summed E-state index contributed by atoms with van der Waals surface area (Å²) in [5.41, 5.74) is 19.4. The van der Waals surface area contributed by atoms with Gasteiger partial charge in [0, 0.05) is 94.4 Å². The summed E-state index contributed by atoms with van der Waals surface area (Å²) in [6.45, 7) is 24.6. The van der Waals surface area contributed by atoms with Gasteiger partial charge in [0.1, 0.15) is 44.7 Å². The van der Waals surface area contributed by atoms with Gasteiger partial charge in [-0.25, -0.2) is 0 Å². The molecule has 0 aliphatic carbocycles. The molecule has 0 aliphatic rings. The van der Waals surface area contributed by atoms with Gasteiger partial charge in [-0.1, -0.05) is 142 Å². The molecule has 15 aromatic rings. The van der Waals surface area contributed by atoms with Crippen LogP contribution in [0.15, 0.2) is 206 Å². The van der Waals surface area contributed by atoms with E-state index in [-0.39, 0.29) is 10.8 Å². The van der Waals surface area contributed by atoms with Crippen molar-refractivity contribution in [3.63, 3.8) is 0 Å². The Hall–Kier alpha value is -9.26. The fraction of sp³-hybridized carbons (Fsp3) is 0.195. The summed E-state index contributed by atoms with van der Waals surface area (Å²) in [6, 6.07) is 68.9. The van der Waals surface area contributed by atoms with Gasteiger partial charge in [-0.3, -0.25) is 0 Å². The van der Waals surface area contributed by atoms with Gasteiger partial charge in [0.2, 0.25) is 0 Å². The van der Waals surface area contributed by atoms with E-state index in [9.17, 15) is 0 Å². The van der Waals surface area contributed by atoms with E-state index in [0.717, 1.165) is 149 Å². The summed E-state index contributed by atoms with van der Waals surface area (Å²) in [6.07, 6.45) is 0. The van der Waals surface area contributed by atoms with Gasteiger partial charge in [0.05, 0.1) is 0 Å². The number of nitrogens with zero attached hydrogens (tertiary/aromatic N) is 2. The van der Waals surface area contributed by atoms with E-state index in [1.165, 1.54) is 22.3 Å². The average Bonchev–Trinajstić information content (AvgIpc) is 2.05. The molecule has 0 saturated carbocycles. The monoisotopic (exact) mass is 1080 g/mol. The van der Waals surface area contributed by atoms with Crippen LogP contribution in [0.2, 0.25) is 0 Å². The van der Waals surface area contributed by atoms with Crippen molar-refractivity contribution in [3.8, 4) is 0 Å². The van der Waals surface area contributed by atoms with Crippen molar-refractivity contribution in [1.82, 2.24) is 0 Å². The fourth-order valence-corrected chi connectivity index (χ4v) is 13.1. The smallest absolute Gasteiger partial charge is 0.139 e. The van der Waals surface area contributed by atoms with Gasteiger partial charge in [0.25, 0.3) is 0 Å². The molecule has 4 heterocycles. The van der Waals surface area contributed by atoms with Gasteiger partial charge in [-0.05, 0) is 177 Å². The Bertz CT molecular complexity index is 4810. The molecule has 6 nitrogen and oxygen atoms in total. The molecule has 6 heteroatoms. The number of benzene rings is 11. The van der Waals surface area contributed by atoms with Gasteiger partial charge < -0.3 is 27.5 Å². The SMILES string of the molecule is Cc1c2c(cc3oc4cc5cc(N(c6ccc(C(C)C)cc6)c6ccc7oc8c(C(C)(C)C)cccc8c7c6)ccc5cc4c13)oc1cc3cc(N(c4ccc(C(C)C)cc4)c4ccc5oc6c(C(C)(C)C)cccc6c5c4)ccc3cc12. The minimum atomic E-state index is -0.0594. The van der Waals surface area contributed by atoms with E-state index in [2.05, 4.69) is 274 Å². The zero-order valence-corrected chi connectivity index (χ0v) is 49.1. The average molecular weight is 1080 g/mol. The summed E-state index contributed by atoms with van der Waals surface area (Å²) in [5, 5.41) is 13.3. The highest BCUT2D eigenvalue weighted by molar-refractivity contribution is 6.21. The minimum absolute atomic E-state index is 0.0594. The van der Waals surface area contributed by atoms with E-state index in [4.69, 9.17) is 17.7 Å². The predicted octanol–water partition coefficient (Wildman–Crippen LogP) is 23.7. The Labute approximate surface area is 483 Å². The number of furan rings is 4. The Morgan fingerprint density at radius 3 is 1.10 bits per heavy atom.